The van der Waals surface area contributed by atoms with Gasteiger partial charge in [0.25, 0.3) is 10.0 Å². The van der Waals surface area contributed by atoms with Gasteiger partial charge < -0.3 is 10.3 Å². The molecule has 0 spiro atoms. The minimum Gasteiger partial charge on any atom is -0.334 e. The molecule has 0 amide bonds. The van der Waals surface area contributed by atoms with Gasteiger partial charge in [-0.05, 0) is 33.6 Å². The lowest BCUT2D eigenvalue weighted by atomic mass is 10.2. The van der Waals surface area contributed by atoms with Gasteiger partial charge in [-0.3, -0.25) is 0 Å². The first-order valence-electron chi connectivity index (χ1n) is 6.16. The van der Waals surface area contributed by atoms with E-state index >= 15 is 0 Å². The number of sulfonamides is 1. The van der Waals surface area contributed by atoms with Gasteiger partial charge in [-0.25, -0.2) is 18.1 Å². The van der Waals surface area contributed by atoms with E-state index in [-0.39, 0.29) is 11.1 Å². The molecule has 0 saturated carbocycles. The fourth-order valence-electron chi connectivity index (χ4n) is 1.63. The molecule has 1 atom stereocenters. The molecule has 0 fully saturated rings. The summed E-state index contributed by atoms with van der Waals surface area (Å²) in [6.45, 7) is 6.74. The van der Waals surface area contributed by atoms with Gasteiger partial charge in [-0.1, -0.05) is 0 Å². The summed E-state index contributed by atoms with van der Waals surface area (Å²) in [7, 11) is -3.49. The van der Waals surface area contributed by atoms with Crippen LogP contribution in [-0.2, 0) is 16.6 Å². The van der Waals surface area contributed by atoms with E-state index in [4.69, 9.17) is 5.73 Å². The number of aromatic nitrogens is 2. The Labute approximate surface area is 109 Å². The Balaban J connectivity index is 2.62. The van der Waals surface area contributed by atoms with Crippen molar-refractivity contribution >= 4 is 10.0 Å². The molecule has 0 saturated heterocycles. The normalized spacial score (nSPS) is 13.8. The van der Waals surface area contributed by atoms with E-state index in [0.29, 0.717) is 18.9 Å². The van der Waals surface area contributed by atoms with E-state index < -0.39 is 10.0 Å². The van der Waals surface area contributed by atoms with E-state index in [0.717, 1.165) is 12.8 Å². The van der Waals surface area contributed by atoms with Crippen LogP contribution < -0.4 is 10.5 Å². The molecule has 1 rings (SSSR count). The molecule has 6 nitrogen and oxygen atoms in total. The molecule has 1 aromatic rings. The predicted molar refractivity (Wildman–Crippen MR) is 70.7 cm³/mol. The van der Waals surface area contributed by atoms with Gasteiger partial charge in [0, 0.05) is 25.3 Å². The minimum atomic E-state index is -3.49. The quantitative estimate of drug-likeness (QED) is 0.713. The summed E-state index contributed by atoms with van der Waals surface area (Å²) in [6.07, 6.45) is 3.08. The van der Waals surface area contributed by atoms with Crippen LogP contribution in [-0.4, -0.2) is 30.6 Å². The molecular formula is C11H22N4O2S. The average molecular weight is 274 g/mol. The topological polar surface area (TPSA) is 90.0 Å². The third kappa shape index (κ3) is 4.08. The number of nitrogens with zero attached hydrogens (tertiary/aromatic N) is 2. The maximum absolute atomic E-state index is 11.9. The minimum absolute atomic E-state index is 0.0858. The van der Waals surface area contributed by atoms with Crippen molar-refractivity contribution in [2.45, 2.75) is 51.2 Å². The Morgan fingerprint density at radius 2 is 2.22 bits per heavy atom. The number of hydrogen-bond acceptors (Lipinski definition) is 4. The fraction of sp³-hybridized carbons (Fsp3) is 0.727. The summed E-state index contributed by atoms with van der Waals surface area (Å²) in [6, 6.07) is 0.0936. The van der Waals surface area contributed by atoms with E-state index in [1.807, 2.05) is 13.8 Å². The molecular weight excluding hydrogens is 252 g/mol. The summed E-state index contributed by atoms with van der Waals surface area (Å²) in [5.74, 6) is 0.702. The molecule has 0 radical (unpaired) electrons. The molecule has 0 aromatic carbocycles. The number of imidazole rings is 1. The highest BCUT2D eigenvalue weighted by molar-refractivity contribution is 7.89. The summed E-state index contributed by atoms with van der Waals surface area (Å²) in [4.78, 5) is 4.05. The molecule has 0 aliphatic rings. The molecule has 18 heavy (non-hydrogen) atoms. The summed E-state index contributed by atoms with van der Waals surface area (Å²) < 4.78 is 28.2. The summed E-state index contributed by atoms with van der Waals surface area (Å²) in [5, 5.41) is 0.0858. The van der Waals surface area contributed by atoms with Crippen molar-refractivity contribution in [3.8, 4) is 0 Å². The third-order valence-corrected chi connectivity index (χ3v) is 4.03. The van der Waals surface area contributed by atoms with Crippen LogP contribution in [0.3, 0.4) is 0 Å². The van der Waals surface area contributed by atoms with Crippen molar-refractivity contribution < 1.29 is 8.42 Å². The molecule has 1 unspecified atom stereocenters. The van der Waals surface area contributed by atoms with E-state index in [2.05, 4.69) is 9.71 Å². The van der Waals surface area contributed by atoms with Gasteiger partial charge in [0.1, 0.15) is 5.82 Å². The van der Waals surface area contributed by atoms with E-state index in [1.165, 1.54) is 0 Å². The van der Waals surface area contributed by atoms with Gasteiger partial charge in [-0.15, -0.1) is 0 Å². The van der Waals surface area contributed by atoms with E-state index in [9.17, 15) is 8.42 Å². The van der Waals surface area contributed by atoms with Crippen molar-refractivity contribution in [3.05, 3.63) is 12.0 Å². The van der Waals surface area contributed by atoms with Crippen LogP contribution in [0.4, 0.5) is 0 Å². The van der Waals surface area contributed by atoms with Gasteiger partial charge in [0.2, 0.25) is 0 Å². The molecule has 3 N–H and O–H groups in total. The highest BCUT2D eigenvalue weighted by atomic mass is 32.2. The number of aryl methyl sites for hydroxylation is 2. The number of nitrogens with two attached hydrogens (primary N) is 1. The van der Waals surface area contributed by atoms with Crippen LogP contribution in [0.25, 0.3) is 0 Å². The van der Waals surface area contributed by atoms with Crippen LogP contribution in [0.2, 0.25) is 0 Å². The van der Waals surface area contributed by atoms with Crippen molar-refractivity contribution in [2.75, 3.05) is 6.54 Å². The molecule has 0 bridgehead atoms. The first-order chi connectivity index (χ1) is 8.36. The first kappa shape index (κ1) is 15.1. The molecule has 104 valence electrons. The highest BCUT2D eigenvalue weighted by Crippen LogP contribution is 2.08. The maximum Gasteiger partial charge on any atom is 0.259 e. The zero-order valence-corrected chi connectivity index (χ0v) is 12.0. The molecule has 0 aliphatic carbocycles. The monoisotopic (exact) mass is 274 g/mol. The van der Waals surface area contributed by atoms with Gasteiger partial charge in [0.05, 0.1) is 0 Å². The van der Waals surface area contributed by atoms with Gasteiger partial charge >= 0.3 is 0 Å². The van der Waals surface area contributed by atoms with Crippen LogP contribution in [0.5, 0.6) is 0 Å². The summed E-state index contributed by atoms with van der Waals surface area (Å²) in [5.41, 5.74) is 5.60. The highest BCUT2D eigenvalue weighted by Gasteiger charge is 2.18. The van der Waals surface area contributed by atoms with Crippen LogP contribution in [0, 0.1) is 6.92 Å². The van der Waals surface area contributed by atoms with Gasteiger partial charge in [0.15, 0.2) is 5.03 Å². The lowest BCUT2D eigenvalue weighted by molar-refractivity contribution is 0.565. The zero-order valence-electron chi connectivity index (χ0n) is 11.2. The number of rotatable bonds is 7. The Bertz CT molecular complexity index is 479. The zero-order chi connectivity index (χ0) is 13.8. The smallest absolute Gasteiger partial charge is 0.259 e. The van der Waals surface area contributed by atoms with Crippen LogP contribution in [0.15, 0.2) is 11.2 Å². The Morgan fingerprint density at radius 3 is 2.72 bits per heavy atom. The van der Waals surface area contributed by atoms with Crippen LogP contribution in [0.1, 0.15) is 32.5 Å². The van der Waals surface area contributed by atoms with Crippen molar-refractivity contribution in [1.82, 2.24) is 14.3 Å². The van der Waals surface area contributed by atoms with Crippen LogP contribution >= 0.6 is 0 Å². The lowest BCUT2D eigenvalue weighted by Gasteiger charge is -2.06. The SMILES string of the molecule is CCn1cc(S(=O)(=O)NCCCC(C)N)nc1C. The Kier molecular flexibility index (Phi) is 5.30. The number of nitrogens with one attached hydrogen (secondary N) is 1. The Morgan fingerprint density at radius 1 is 1.56 bits per heavy atom. The second-order valence-electron chi connectivity index (χ2n) is 4.43. The lowest BCUT2D eigenvalue weighted by Crippen LogP contribution is -2.26. The molecule has 1 heterocycles. The Hall–Kier alpha value is -0.920. The first-order valence-corrected chi connectivity index (χ1v) is 7.64. The van der Waals surface area contributed by atoms with Crippen molar-refractivity contribution in [3.63, 3.8) is 0 Å². The summed E-state index contributed by atoms with van der Waals surface area (Å²) >= 11 is 0. The number of hydrogen-bond donors (Lipinski definition) is 2. The largest absolute Gasteiger partial charge is 0.334 e. The van der Waals surface area contributed by atoms with Crippen molar-refractivity contribution in [1.29, 1.82) is 0 Å². The second-order valence-corrected chi connectivity index (χ2v) is 6.14. The van der Waals surface area contributed by atoms with Gasteiger partial charge in [-0.2, -0.15) is 0 Å². The standard InChI is InChI=1S/C11H22N4O2S/c1-4-15-8-11(14-10(15)3)18(16,17)13-7-5-6-9(2)12/h8-9,13H,4-7,12H2,1-3H3. The predicted octanol–water partition coefficient (Wildman–Crippen LogP) is 0.617. The molecule has 1 aromatic heterocycles. The molecule has 7 heteroatoms. The second kappa shape index (κ2) is 6.31. The van der Waals surface area contributed by atoms with Crippen molar-refractivity contribution in [2.24, 2.45) is 5.73 Å². The maximum atomic E-state index is 11.9. The molecule has 0 aliphatic heterocycles. The van der Waals surface area contributed by atoms with E-state index in [1.54, 1.807) is 17.7 Å². The fourth-order valence-corrected chi connectivity index (χ4v) is 2.71. The third-order valence-electron chi connectivity index (χ3n) is 2.70. The average Bonchev–Trinajstić information content (AvgIpc) is 2.66.